The molecule has 2 N–H and O–H groups in total. The topological polar surface area (TPSA) is 49.3 Å². The second-order valence-electron chi connectivity index (χ2n) is 4.53. The van der Waals surface area contributed by atoms with Gasteiger partial charge in [0, 0.05) is 0 Å². The van der Waals surface area contributed by atoms with Gasteiger partial charge >= 0.3 is 0 Å². The highest BCUT2D eigenvalue weighted by Crippen LogP contribution is 2.22. The molecule has 0 radical (unpaired) electrons. The third kappa shape index (κ3) is 2.90. The van der Waals surface area contributed by atoms with E-state index in [9.17, 15) is 14.3 Å². The van der Waals surface area contributed by atoms with Gasteiger partial charge in [-0.1, -0.05) is 18.9 Å². The minimum atomic E-state index is -0.505. The van der Waals surface area contributed by atoms with Gasteiger partial charge in [-0.05, 0) is 40.9 Å². The Labute approximate surface area is 114 Å². The highest BCUT2D eigenvalue weighted by molar-refractivity contribution is 9.10. The molecule has 0 spiro atoms. The monoisotopic (exact) mass is 315 g/mol. The molecule has 1 saturated carbocycles. The fourth-order valence-electron chi connectivity index (χ4n) is 2.20. The smallest absolute Gasteiger partial charge is 0.252 e. The number of carbonyl (C=O) groups is 1. The molecule has 0 heterocycles. The zero-order chi connectivity index (χ0) is 13.1. The van der Waals surface area contributed by atoms with E-state index in [1.165, 1.54) is 12.1 Å². The van der Waals surface area contributed by atoms with Crippen LogP contribution in [-0.4, -0.2) is 23.2 Å². The highest BCUT2D eigenvalue weighted by atomic mass is 79.9. The summed E-state index contributed by atoms with van der Waals surface area (Å²) in [6.45, 7) is 0. The third-order valence-electron chi connectivity index (χ3n) is 3.24. The number of rotatable bonds is 2. The first-order valence-electron chi connectivity index (χ1n) is 6.02. The summed E-state index contributed by atoms with van der Waals surface area (Å²) in [7, 11) is 0. The maximum atomic E-state index is 13.3. The summed E-state index contributed by atoms with van der Waals surface area (Å²) in [5, 5.41) is 12.6. The number of hydrogen-bond acceptors (Lipinski definition) is 2. The quantitative estimate of drug-likeness (QED) is 0.881. The van der Waals surface area contributed by atoms with Gasteiger partial charge in [0.2, 0.25) is 0 Å². The maximum absolute atomic E-state index is 13.3. The molecule has 0 bridgehead atoms. The average molecular weight is 316 g/mol. The van der Waals surface area contributed by atoms with Crippen molar-refractivity contribution in [2.24, 2.45) is 0 Å². The minimum absolute atomic E-state index is 0.160. The Morgan fingerprint density at radius 1 is 1.39 bits per heavy atom. The summed E-state index contributed by atoms with van der Waals surface area (Å²) >= 11 is 3.06. The van der Waals surface area contributed by atoms with Crippen LogP contribution in [0.25, 0.3) is 0 Å². The van der Waals surface area contributed by atoms with Crippen molar-refractivity contribution in [3.05, 3.63) is 34.1 Å². The Bertz CT molecular complexity index is 453. The Balaban J connectivity index is 2.09. The van der Waals surface area contributed by atoms with E-state index in [-0.39, 0.29) is 22.0 Å². The van der Waals surface area contributed by atoms with E-state index in [2.05, 4.69) is 21.2 Å². The first kappa shape index (κ1) is 13.5. The summed E-state index contributed by atoms with van der Waals surface area (Å²) in [4.78, 5) is 12.0. The molecular formula is C13H15BrFNO2. The van der Waals surface area contributed by atoms with Gasteiger partial charge in [0.25, 0.3) is 5.91 Å². The van der Waals surface area contributed by atoms with Crippen LogP contribution in [0.15, 0.2) is 22.7 Å². The molecule has 1 aromatic rings. The largest absolute Gasteiger partial charge is 0.391 e. The van der Waals surface area contributed by atoms with Gasteiger partial charge in [0.05, 0.1) is 22.2 Å². The van der Waals surface area contributed by atoms with E-state index in [1.54, 1.807) is 6.07 Å². The molecule has 1 aliphatic rings. The van der Waals surface area contributed by atoms with Crippen molar-refractivity contribution in [1.82, 2.24) is 5.32 Å². The van der Waals surface area contributed by atoms with Crippen molar-refractivity contribution in [2.45, 2.75) is 37.8 Å². The van der Waals surface area contributed by atoms with Crippen LogP contribution in [0.4, 0.5) is 4.39 Å². The lowest BCUT2D eigenvalue weighted by molar-refractivity contribution is 0.0716. The number of amides is 1. The van der Waals surface area contributed by atoms with Crippen LogP contribution < -0.4 is 5.32 Å². The van der Waals surface area contributed by atoms with Gasteiger partial charge in [-0.2, -0.15) is 0 Å². The molecule has 3 nitrogen and oxygen atoms in total. The van der Waals surface area contributed by atoms with Crippen molar-refractivity contribution >= 4 is 21.8 Å². The summed E-state index contributed by atoms with van der Waals surface area (Å²) in [5.74, 6) is -0.820. The minimum Gasteiger partial charge on any atom is -0.391 e. The molecule has 5 heteroatoms. The van der Waals surface area contributed by atoms with Gasteiger partial charge < -0.3 is 10.4 Å². The Morgan fingerprint density at radius 2 is 2.11 bits per heavy atom. The molecule has 1 aliphatic carbocycles. The van der Waals surface area contributed by atoms with E-state index in [0.29, 0.717) is 6.42 Å². The molecule has 98 valence electrons. The molecule has 1 aromatic carbocycles. The number of carbonyl (C=O) groups excluding carboxylic acids is 1. The van der Waals surface area contributed by atoms with E-state index >= 15 is 0 Å². The Hall–Kier alpha value is -0.940. The van der Waals surface area contributed by atoms with Crippen LogP contribution in [0.5, 0.6) is 0 Å². The van der Waals surface area contributed by atoms with Crippen LogP contribution >= 0.6 is 15.9 Å². The molecular weight excluding hydrogens is 301 g/mol. The molecule has 0 aromatic heterocycles. The van der Waals surface area contributed by atoms with Crippen molar-refractivity contribution in [2.75, 3.05) is 0 Å². The number of halogens is 2. The van der Waals surface area contributed by atoms with Gasteiger partial charge in [-0.15, -0.1) is 0 Å². The Morgan fingerprint density at radius 3 is 2.83 bits per heavy atom. The normalized spacial score (nSPS) is 23.7. The first-order chi connectivity index (χ1) is 8.59. The second kappa shape index (κ2) is 5.80. The van der Waals surface area contributed by atoms with Crippen molar-refractivity contribution in [1.29, 1.82) is 0 Å². The summed E-state index contributed by atoms with van der Waals surface area (Å²) in [5.41, 5.74) is 0.257. The third-order valence-corrected chi connectivity index (χ3v) is 4.05. The van der Waals surface area contributed by atoms with Gasteiger partial charge in [-0.25, -0.2) is 4.39 Å². The summed E-state index contributed by atoms with van der Waals surface area (Å²) in [6.07, 6.45) is 2.94. The lowest BCUT2D eigenvalue weighted by atomic mass is 9.92. The van der Waals surface area contributed by atoms with Crippen LogP contribution in [0.3, 0.4) is 0 Å². The molecule has 18 heavy (non-hydrogen) atoms. The lowest BCUT2D eigenvalue weighted by Crippen LogP contribution is -2.45. The molecule has 0 aliphatic heterocycles. The van der Waals surface area contributed by atoms with E-state index in [0.717, 1.165) is 19.3 Å². The summed E-state index contributed by atoms with van der Waals surface area (Å²) < 4.78 is 13.5. The molecule has 1 amide bonds. The SMILES string of the molecule is O=C(N[C@H]1CCCC[C@@H]1O)c1cccc(F)c1Br. The van der Waals surface area contributed by atoms with Crippen molar-refractivity contribution in [3.63, 3.8) is 0 Å². The number of nitrogens with one attached hydrogen (secondary N) is 1. The van der Waals surface area contributed by atoms with Gasteiger partial charge in [0.15, 0.2) is 0 Å². The zero-order valence-corrected chi connectivity index (χ0v) is 11.4. The number of aliphatic hydroxyl groups excluding tert-OH is 1. The predicted octanol–water partition coefficient (Wildman–Crippen LogP) is 2.62. The van der Waals surface area contributed by atoms with E-state index in [1.807, 2.05) is 0 Å². The number of benzene rings is 1. The van der Waals surface area contributed by atoms with E-state index in [4.69, 9.17) is 0 Å². The van der Waals surface area contributed by atoms with Crippen molar-refractivity contribution in [3.8, 4) is 0 Å². The summed E-state index contributed by atoms with van der Waals surface area (Å²) in [6, 6.07) is 4.10. The zero-order valence-electron chi connectivity index (χ0n) is 9.83. The van der Waals surface area contributed by atoms with Crippen LogP contribution in [0, 0.1) is 5.82 Å². The molecule has 2 atom stereocenters. The fourth-order valence-corrected chi connectivity index (χ4v) is 2.65. The second-order valence-corrected chi connectivity index (χ2v) is 5.33. The van der Waals surface area contributed by atoms with Crippen molar-refractivity contribution < 1.29 is 14.3 Å². The maximum Gasteiger partial charge on any atom is 0.252 e. The number of aliphatic hydroxyl groups is 1. The highest BCUT2D eigenvalue weighted by Gasteiger charge is 2.25. The van der Waals surface area contributed by atoms with Crippen LogP contribution in [-0.2, 0) is 0 Å². The fraction of sp³-hybridized carbons (Fsp3) is 0.462. The standard InChI is InChI=1S/C13H15BrFNO2/c14-12-8(4-3-5-9(12)15)13(18)16-10-6-1-2-7-11(10)17/h3-5,10-11,17H,1-2,6-7H2,(H,16,18)/t10-,11-/m0/s1. The molecule has 2 rings (SSSR count). The molecule has 0 unspecified atom stereocenters. The van der Waals surface area contributed by atoms with Gasteiger partial charge in [-0.3, -0.25) is 4.79 Å². The number of hydrogen-bond donors (Lipinski definition) is 2. The van der Waals surface area contributed by atoms with Crippen LogP contribution in [0.2, 0.25) is 0 Å². The predicted molar refractivity (Wildman–Crippen MR) is 69.8 cm³/mol. The lowest BCUT2D eigenvalue weighted by Gasteiger charge is -2.28. The first-order valence-corrected chi connectivity index (χ1v) is 6.82. The molecule has 0 saturated heterocycles. The van der Waals surface area contributed by atoms with Gasteiger partial charge in [0.1, 0.15) is 5.82 Å². The molecule has 1 fully saturated rings. The Kier molecular flexibility index (Phi) is 4.35. The average Bonchev–Trinajstić information content (AvgIpc) is 2.35. The van der Waals surface area contributed by atoms with Crippen LogP contribution in [0.1, 0.15) is 36.0 Å². The van der Waals surface area contributed by atoms with E-state index < -0.39 is 11.9 Å².